The SMILES string of the molecule is CCC(C)CCCCCCCCCCCCCCCCCCCCC(=O)O[C@H](COC(=O)CCCCCCCCCCCCCCCCCC(C)C)COP(=O)(O)OC[C@@H](O)COP(=O)(O)OC[C@@H](COC(=O)CCCCCCCCCCC(C)C)OC(=O)CCCCCCCCCCCCC(C)CC. The van der Waals surface area contributed by atoms with Crippen LogP contribution in [0.1, 0.15) is 447 Å². The molecule has 0 aromatic carbocycles. The Bertz CT molecular complexity index is 2050. The molecule has 0 amide bonds. The summed E-state index contributed by atoms with van der Waals surface area (Å²) in [7, 11) is -9.93. The molecule has 0 heterocycles. The van der Waals surface area contributed by atoms with E-state index in [0.29, 0.717) is 25.7 Å². The molecule has 0 radical (unpaired) electrons. The predicted octanol–water partition coefficient (Wildman–Crippen LogP) is 25.9. The van der Waals surface area contributed by atoms with Crippen LogP contribution in [0.4, 0.5) is 0 Å². The number of hydrogen-bond donors (Lipinski definition) is 3. The third kappa shape index (κ3) is 77.2. The molecule has 0 fully saturated rings. The Morgan fingerprint density at radius 1 is 0.267 bits per heavy atom. The topological polar surface area (TPSA) is 237 Å². The van der Waals surface area contributed by atoms with Crippen molar-refractivity contribution < 1.29 is 80.2 Å². The van der Waals surface area contributed by atoms with Gasteiger partial charge in [-0.1, -0.05) is 396 Å². The largest absolute Gasteiger partial charge is 0.472 e. The smallest absolute Gasteiger partial charge is 0.462 e. The Labute approximate surface area is 645 Å². The number of aliphatic hydroxyl groups excluding tert-OH is 1. The molecule has 0 aliphatic rings. The molecule has 0 aliphatic carbocycles. The van der Waals surface area contributed by atoms with Crippen molar-refractivity contribution in [2.75, 3.05) is 39.6 Å². The van der Waals surface area contributed by atoms with E-state index in [0.717, 1.165) is 114 Å². The zero-order valence-electron chi connectivity index (χ0n) is 69.4. The van der Waals surface area contributed by atoms with Crippen molar-refractivity contribution in [1.82, 2.24) is 0 Å². The van der Waals surface area contributed by atoms with Gasteiger partial charge in [0.15, 0.2) is 12.2 Å². The fourth-order valence-electron chi connectivity index (χ4n) is 13.3. The van der Waals surface area contributed by atoms with Crippen LogP contribution in [0, 0.1) is 23.7 Å². The fraction of sp³-hybridized carbons (Fsp3) is 0.953. The van der Waals surface area contributed by atoms with Crippen LogP contribution in [0.3, 0.4) is 0 Å². The average molecular weight is 1540 g/mol. The lowest BCUT2D eigenvalue weighted by molar-refractivity contribution is -0.161. The van der Waals surface area contributed by atoms with Crippen molar-refractivity contribution >= 4 is 39.5 Å². The number of unbranched alkanes of at least 4 members (excludes halogenated alkanes) is 47. The summed E-state index contributed by atoms with van der Waals surface area (Å²) in [6.07, 6.45) is 63.8. The number of hydrogen-bond acceptors (Lipinski definition) is 15. The van der Waals surface area contributed by atoms with Gasteiger partial charge in [-0.25, -0.2) is 9.13 Å². The molecule has 0 bridgehead atoms. The van der Waals surface area contributed by atoms with Gasteiger partial charge in [-0.3, -0.25) is 37.3 Å². The van der Waals surface area contributed by atoms with Crippen LogP contribution in [-0.2, 0) is 65.4 Å². The van der Waals surface area contributed by atoms with Crippen molar-refractivity contribution in [3.05, 3.63) is 0 Å². The number of aliphatic hydroxyl groups is 1. The van der Waals surface area contributed by atoms with Gasteiger partial charge in [0.05, 0.1) is 26.4 Å². The Kier molecular flexibility index (Phi) is 73.4. The molecule has 0 saturated carbocycles. The second-order valence-electron chi connectivity index (χ2n) is 32.4. The first-order valence-corrected chi connectivity index (χ1v) is 47.3. The maximum absolute atomic E-state index is 13.1. The molecule has 3 N–H and O–H groups in total. The highest BCUT2D eigenvalue weighted by Gasteiger charge is 2.31. The van der Waals surface area contributed by atoms with Gasteiger partial charge in [0, 0.05) is 25.7 Å². The van der Waals surface area contributed by atoms with E-state index in [1.54, 1.807) is 0 Å². The minimum Gasteiger partial charge on any atom is -0.462 e. The van der Waals surface area contributed by atoms with Crippen LogP contribution in [0.15, 0.2) is 0 Å². The zero-order chi connectivity index (χ0) is 77.4. The predicted molar refractivity (Wildman–Crippen MR) is 432 cm³/mol. The third-order valence-corrected chi connectivity index (χ3v) is 22.7. The van der Waals surface area contributed by atoms with E-state index in [1.165, 1.54) is 250 Å². The number of rotatable bonds is 83. The molecule has 105 heavy (non-hydrogen) atoms. The zero-order valence-corrected chi connectivity index (χ0v) is 71.2. The van der Waals surface area contributed by atoms with Gasteiger partial charge in [0.2, 0.25) is 0 Å². The highest BCUT2D eigenvalue weighted by molar-refractivity contribution is 7.47. The summed E-state index contributed by atoms with van der Waals surface area (Å²) < 4.78 is 68.9. The number of carbonyl (C=O) groups excluding carboxylic acids is 4. The van der Waals surface area contributed by atoms with Gasteiger partial charge in [-0.05, 0) is 49.4 Å². The van der Waals surface area contributed by atoms with E-state index in [2.05, 4.69) is 55.4 Å². The van der Waals surface area contributed by atoms with Gasteiger partial charge in [0.1, 0.15) is 19.3 Å². The van der Waals surface area contributed by atoms with E-state index < -0.39 is 97.5 Å². The molecule has 0 saturated heterocycles. The van der Waals surface area contributed by atoms with E-state index in [-0.39, 0.29) is 25.7 Å². The van der Waals surface area contributed by atoms with Gasteiger partial charge < -0.3 is 33.8 Å². The molecule has 19 heteroatoms. The molecular formula is C86H168O17P2. The number of esters is 4. The maximum atomic E-state index is 13.1. The number of ether oxygens (including phenoxy) is 4. The summed E-state index contributed by atoms with van der Waals surface area (Å²) in [4.78, 5) is 73.2. The Morgan fingerprint density at radius 2 is 0.457 bits per heavy atom. The van der Waals surface area contributed by atoms with Crippen LogP contribution in [0.5, 0.6) is 0 Å². The molecule has 4 unspecified atom stereocenters. The second kappa shape index (κ2) is 74.8. The van der Waals surface area contributed by atoms with Crippen LogP contribution in [-0.4, -0.2) is 96.7 Å². The Balaban J connectivity index is 5.24. The van der Waals surface area contributed by atoms with Crippen molar-refractivity contribution in [1.29, 1.82) is 0 Å². The van der Waals surface area contributed by atoms with Gasteiger partial charge >= 0.3 is 39.5 Å². The summed E-state index contributed by atoms with van der Waals surface area (Å²) >= 11 is 0. The molecule has 0 rings (SSSR count). The summed E-state index contributed by atoms with van der Waals surface area (Å²) in [6, 6.07) is 0. The molecule has 0 spiro atoms. The summed E-state index contributed by atoms with van der Waals surface area (Å²) in [5, 5.41) is 10.7. The van der Waals surface area contributed by atoms with Gasteiger partial charge in [-0.15, -0.1) is 0 Å². The molecule has 0 aromatic heterocycles. The maximum Gasteiger partial charge on any atom is 0.472 e. The molecule has 17 nitrogen and oxygen atoms in total. The standard InChI is InChI=1S/C86H168O17P2/c1-9-78(7)64-56-48-40-31-25-21-17-13-11-12-14-18-23-27-34-44-52-60-68-85(90)102-81(72-96-83(88)66-58-50-42-33-26-22-19-15-16-20-24-30-38-46-54-62-76(3)4)74-100-104(92,93)98-70-80(87)71-99-105(94,95)101-75-82(73-97-84(89)67-59-51-43-37-36-39-47-55-63-77(5)6)103-86(91)69-61-53-45-35-29-28-32-41-49-57-65-79(8)10-2/h76-82,87H,9-75H2,1-8H3,(H,92,93)(H,94,95)/t78?,79?,80-,81-,82-/m1/s1. The van der Waals surface area contributed by atoms with Gasteiger partial charge in [0.25, 0.3) is 0 Å². The summed E-state index contributed by atoms with van der Waals surface area (Å²) in [6.45, 7) is 14.4. The molecule has 624 valence electrons. The monoisotopic (exact) mass is 1540 g/mol. The molecule has 0 aromatic rings. The lowest BCUT2D eigenvalue weighted by atomic mass is 9.99. The Hall–Kier alpha value is -1.94. The highest BCUT2D eigenvalue weighted by Crippen LogP contribution is 2.45. The van der Waals surface area contributed by atoms with E-state index >= 15 is 0 Å². The molecule has 7 atom stereocenters. The van der Waals surface area contributed by atoms with Crippen molar-refractivity contribution in [3.8, 4) is 0 Å². The average Bonchev–Trinajstić information content (AvgIpc) is 0.925. The van der Waals surface area contributed by atoms with E-state index in [9.17, 15) is 43.2 Å². The first-order chi connectivity index (χ1) is 50.7. The van der Waals surface area contributed by atoms with E-state index in [1.807, 2.05) is 0 Å². The van der Waals surface area contributed by atoms with Crippen LogP contribution in [0.2, 0.25) is 0 Å². The molecular weight excluding hydrogens is 1370 g/mol. The van der Waals surface area contributed by atoms with Crippen LogP contribution < -0.4 is 0 Å². The van der Waals surface area contributed by atoms with Crippen LogP contribution >= 0.6 is 15.6 Å². The summed E-state index contributed by atoms with van der Waals surface area (Å²) in [5.41, 5.74) is 0. The van der Waals surface area contributed by atoms with Crippen molar-refractivity contribution in [2.24, 2.45) is 23.7 Å². The number of carbonyl (C=O) groups is 4. The Morgan fingerprint density at radius 3 is 0.676 bits per heavy atom. The van der Waals surface area contributed by atoms with Gasteiger partial charge in [-0.2, -0.15) is 0 Å². The minimum atomic E-state index is -4.97. The first-order valence-electron chi connectivity index (χ1n) is 44.3. The quantitative estimate of drug-likeness (QED) is 0.0222. The number of phosphoric acid groups is 2. The lowest BCUT2D eigenvalue weighted by Gasteiger charge is -2.21. The third-order valence-electron chi connectivity index (χ3n) is 20.8. The lowest BCUT2D eigenvalue weighted by Crippen LogP contribution is -2.30. The van der Waals surface area contributed by atoms with Crippen LogP contribution in [0.25, 0.3) is 0 Å². The minimum absolute atomic E-state index is 0.106. The highest BCUT2D eigenvalue weighted by atomic mass is 31.2. The van der Waals surface area contributed by atoms with Crippen molar-refractivity contribution in [2.45, 2.75) is 465 Å². The molecule has 0 aliphatic heterocycles. The van der Waals surface area contributed by atoms with E-state index in [4.69, 9.17) is 37.0 Å². The first kappa shape index (κ1) is 103. The fourth-order valence-corrected chi connectivity index (χ4v) is 14.8. The second-order valence-corrected chi connectivity index (χ2v) is 35.3. The normalized spacial score (nSPS) is 14.4. The number of phosphoric ester groups is 2. The van der Waals surface area contributed by atoms with Crippen molar-refractivity contribution in [3.63, 3.8) is 0 Å². The summed E-state index contributed by atoms with van der Waals surface area (Å²) in [5.74, 6) is 1.10.